The number of rotatable bonds is 12. The molecular weight excluding hydrogens is 556 g/mol. The third kappa shape index (κ3) is 4.95. The highest BCUT2D eigenvalue weighted by molar-refractivity contribution is 6.34. The van der Waals surface area contributed by atoms with Gasteiger partial charge in [-0.05, 0) is 50.3 Å². The van der Waals surface area contributed by atoms with Gasteiger partial charge in [0.15, 0.2) is 0 Å². The molecule has 2 aromatic rings. The highest BCUT2D eigenvalue weighted by Gasteiger charge is 2.79. The SMILES string of the molecule is C=CCCOC(=O)[C@@H]1[C@H]2C(=O)N([C@@H](CO)Cc3ccccc3)C(C(=O)N(CC=C)c3ccccc3Cl)C23CC[C@@]1(C)O3. The maximum atomic E-state index is 14.8. The van der Waals surface area contributed by atoms with Crippen molar-refractivity contribution in [1.29, 1.82) is 0 Å². The van der Waals surface area contributed by atoms with Crippen LogP contribution in [0.15, 0.2) is 79.9 Å². The fraction of sp³-hybridized carbons (Fsp3) is 0.424. The van der Waals surface area contributed by atoms with Gasteiger partial charge in [0, 0.05) is 6.54 Å². The molecule has 2 amide bonds. The van der Waals surface area contributed by atoms with Crippen molar-refractivity contribution in [3.05, 3.63) is 90.5 Å². The number of para-hydroxylation sites is 1. The standard InChI is InChI=1S/C33H37ClN2O6/c1-4-6-19-41-31(40)27-26-29(38)36(23(21-37)20-22-12-8-7-9-13-22)28(33(26)17-16-32(27,3)42-33)30(39)35(18-5-2)25-15-11-10-14-24(25)34/h4-5,7-15,23,26-28,37H,1-2,6,16-21H2,3H3/t23-,26+,27+,28?,32-,33?/m1/s1. The van der Waals surface area contributed by atoms with Crippen molar-refractivity contribution < 1.29 is 29.0 Å². The summed E-state index contributed by atoms with van der Waals surface area (Å²) in [6.45, 7) is 9.23. The van der Waals surface area contributed by atoms with Crippen LogP contribution in [0.25, 0.3) is 0 Å². The van der Waals surface area contributed by atoms with Crippen molar-refractivity contribution >= 4 is 35.1 Å². The zero-order valence-corrected chi connectivity index (χ0v) is 24.5. The van der Waals surface area contributed by atoms with Gasteiger partial charge in [0.05, 0.1) is 41.5 Å². The highest BCUT2D eigenvalue weighted by Crippen LogP contribution is 2.64. The fourth-order valence-electron chi connectivity index (χ4n) is 7.12. The number of likely N-dealkylation sites (tertiary alicyclic amines) is 1. The van der Waals surface area contributed by atoms with E-state index in [0.717, 1.165) is 5.56 Å². The molecule has 1 N–H and O–H groups in total. The lowest BCUT2D eigenvalue weighted by Gasteiger charge is -2.39. The first kappa shape index (κ1) is 30.0. The van der Waals surface area contributed by atoms with E-state index >= 15 is 0 Å². The molecule has 2 bridgehead atoms. The second-order valence-corrected chi connectivity index (χ2v) is 11.8. The normalized spacial score (nSPS) is 28.3. The third-order valence-electron chi connectivity index (χ3n) is 8.91. The molecule has 0 aliphatic carbocycles. The van der Waals surface area contributed by atoms with Crippen molar-refractivity contribution in [3.8, 4) is 0 Å². The molecule has 2 aromatic carbocycles. The molecule has 0 radical (unpaired) electrons. The summed E-state index contributed by atoms with van der Waals surface area (Å²) in [7, 11) is 0. The smallest absolute Gasteiger partial charge is 0.312 e. The van der Waals surface area contributed by atoms with E-state index in [2.05, 4.69) is 13.2 Å². The van der Waals surface area contributed by atoms with Crippen LogP contribution in [0.1, 0.15) is 31.7 Å². The molecule has 1 spiro atoms. The van der Waals surface area contributed by atoms with E-state index in [-0.39, 0.29) is 19.8 Å². The van der Waals surface area contributed by atoms with Gasteiger partial charge < -0.3 is 24.4 Å². The molecule has 0 saturated carbocycles. The predicted octanol–water partition coefficient (Wildman–Crippen LogP) is 4.35. The summed E-state index contributed by atoms with van der Waals surface area (Å²) in [6.07, 6.45) is 4.92. The van der Waals surface area contributed by atoms with Gasteiger partial charge in [-0.1, -0.05) is 66.2 Å². The summed E-state index contributed by atoms with van der Waals surface area (Å²) in [6, 6.07) is 14.6. The van der Waals surface area contributed by atoms with Gasteiger partial charge in [-0.3, -0.25) is 14.4 Å². The topological polar surface area (TPSA) is 96.4 Å². The number of ether oxygens (including phenoxy) is 2. The van der Waals surface area contributed by atoms with Crippen LogP contribution in [0.4, 0.5) is 5.69 Å². The first-order valence-corrected chi connectivity index (χ1v) is 14.7. The Kier molecular flexibility index (Phi) is 8.60. The largest absolute Gasteiger partial charge is 0.465 e. The number of fused-ring (bicyclic) bond motifs is 1. The monoisotopic (exact) mass is 592 g/mol. The molecule has 3 aliphatic heterocycles. The van der Waals surface area contributed by atoms with Crippen LogP contribution >= 0.6 is 11.6 Å². The number of esters is 1. The van der Waals surface area contributed by atoms with Gasteiger partial charge in [-0.2, -0.15) is 0 Å². The van der Waals surface area contributed by atoms with E-state index in [9.17, 15) is 19.5 Å². The predicted molar refractivity (Wildman–Crippen MR) is 160 cm³/mol. The third-order valence-corrected chi connectivity index (χ3v) is 9.23. The Labute approximate surface area is 251 Å². The fourth-order valence-corrected chi connectivity index (χ4v) is 7.36. The van der Waals surface area contributed by atoms with Crippen molar-refractivity contribution in [2.75, 3.05) is 24.7 Å². The van der Waals surface area contributed by atoms with Crippen LogP contribution in [0.2, 0.25) is 5.02 Å². The average molecular weight is 593 g/mol. The zero-order valence-electron chi connectivity index (χ0n) is 23.8. The Balaban J connectivity index is 1.61. The van der Waals surface area contributed by atoms with Crippen LogP contribution < -0.4 is 4.90 Å². The molecule has 2 unspecified atom stereocenters. The summed E-state index contributed by atoms with van der Waals surface area (Å²) in [5, 5.41) is 11.0. The van der Waals surface area contributed by atoms with Crippen LogP contribution in [0, 0.1) is 11.8 Å². The lowest BCUT2D eigenvalue weighted by atomic mass is 9.66. The average Bonchev–Trinajstić information content (AvgIpc) is 3.56. The van der Waals surface area contributed by atoms with Crippen LogP contribution in [-0.2, 0) is 30.3 Å². The molecule has 0 aromatic heterocycles. The summed E-state index contributed by atoms with van der Waals surface area (Å²) in [5.41, 5.74) is -0.885. The molecule has 8 nitrogen and oxygen atoms in total. The second-order valence-electron chi connectivity index (χ2n) is 11.4. The molecule has 9 heteroatoms. The van der Waals surface area contributed by atoms with Crippen molar-refractivity contribution in [2.45, 2.75) is 55.9 Å². The van der Waals surface area contributed by atoms with Gasteiger partial charge in [0.1, 0.15) is 17.6 Å². The van der Waals surface area contributed by atoms with Crippen LogP contribution in [-0.4, -0.2) is 70.8 Å². The summed E-state index contributed by atoms with van der Waals surface area (Å²) >= 11 is 6.55. The Bertz CT molecular complexity index is 1370. The minimum absolute atomic E-state index is 0.134. The molecular formula is C33H37ClN2O6. The number of aliphatic hydroxyl groups excluding tert-OH is 1. The molecule has 222 valence electrons. The number of benzene rings is 2. The van der Waals surface area contributed by atoms with Crippen LogP contribution in [0.3, 0.4) is 0 Å². The molecule has 42 heavy (non-hydrogen) atoms. The van der Waals surface area contributed by atoms with E-state index in [1.54, 1.807) is 36.4 Å². The minimum atomic E-state index is -1.28. The summed E-state index contributed by atoms with van der Waals surface area (Å²) in [4.78, 5) is 45.8. The van der Waals surface area contributed by atoms with Gasteiger partial charge in [-0.15, -0.1) is 13.2 Å². The van der Waals surface area contributed by atoms with Gasteiger partial charge in [0.2, 0.25) is 5.91 Å². The lowest BCUT2D eigenvalue weighted by Crippen LogP contribution is -2.59. The molecule has 3 fully saturated rings. The number of hydrogen-bond acceptors (Lipinski definition) is 6. The van der Waals surface area contributed by atoms with Gasteiger partial charge >= 0.3 is 5.97 Å². The van der Waals surface area contributed by atoms with Crippen molar-refractivity contribution in [2.24, 2.45) is 11.8 Å². The number of aliphatic hydroxyl groups is 1. The Morgan fingerprint density at radius 2 is 1.88 bits per heavy atom. The quantitative estimate of drug-likeness (QED) is 0.224. The Morgan fingerprint density at radius 1 is 1.17 bits per heavy atom. The number of amides is 2. The maximum absolute atomic E-state index is 14.8. The van der Waals surface area contributed by atoms with Gasteiger partial charge in [0.25, 0.3) is 5.91 Å². The zero-order chi connectivity index (χ0) is 30.1. The number of carbonyl (C=O) groups excluding carboxylic acids is 3. The number of hydrogen-bond donors (Lipinski definition) is 1. The maximum Gasteiger partial charge on any atom is 0.312 e. The lowest BCUT2D eigenvalue weighted by molar-refractivity contribution is -0.160. The van der Waals surface area contributed by atoms with Crippen LogP contribution in [0.5, 0.6) is 0 Å². The van der Waals surface area contributed by atoms with Crippen molar-refractivity contribution in [3.63, 3.8) is 0 Å². The Morgan fingerprint density at radius 3 is 2.55 bits per heavy atom. The second kappa shape index (κ2) is 12.0. The summed E-state index contributed by atoms with van der Waals surface area (Å²) < 4.78 is 12.3. The molecule has 3 saturated heterocycles. The summed E-state index contributed by atoms with van der Waals surface area (Å²) in [5.74, 6) is -3.16. The first-order chi connectivity index (χ1) is 20.2. The highest BCUT2D eigenvalue weighted by atomic mass is 35.5. The molecule has 3 heterocycles. The number of carbonyl (C=O) groups is 3. The minimum Gasteiger partial charge on any atom is -0.465 e. The van der Waals surface area contributed by atoms with E-state index in [4.69, 9.17) is 21.1 Å². The van der Waals surface area contributed by atoms with Crippen molar-refractivity contribution in [1.82, 2.24) is 4.90 Å². The molecule has 5 rings (SSSR count). The van der Waals surface area contributed by atoms with E-state index in [0.29, 0.717) is 36.4 Å². The molecule has 3 aliphatic rings. The number of halogens is 1. The van der Waals surface area contributed by atoms with E-state index in [1.807, 2.05) is 37.3 Å². The first-order valence-electron chi connectivity index (χ1n) is 14.3. The van der Waals surface area contributed by atoms with Gasteiger partial charge in [-0.25, -0.2) is 0 Å². The number of anilines is 1. The molecule has 6 atom stereocenters. The Hall–Kier alpha value is -3.46. The van der Waals surface area contributed by atoms with E-state index in [1.165, 1.54) is 9.80 Å². The van der Waals surface area contributed by atoms with E-state index < -0.39 is 52.9 Å². The number of nitrogens with zero attached hydrogens (tertiary/aromatic N) is 2.